The quantitative estimate of drug-likeness (QED) is 0.892. The van der Waals surface area contributed by atoms with Crippen molar-refractivity contribution in [1.29, 1.82) is 0 Å². The van der Waals surface area contributed by atoms with Crippen molar-refractivity contribution in [3.63, 3.8) is 0 Å². The second-order valence-corrected chi connectivity index (χ2v) is 5.88. The highest BCUT2D eigenvalue weighted by molar-refractivity contribution is 5.86. The van der Waals surface area contributed by atoms with Crippen molar-refractivity contribution in [2.75, 3.05) is 13.2 Å². The summed E-state index contributed by atoms with van der Waals surface area (Å²) >= 11 is 0. The average molecular weight is 327 g/mol. The first-order chi connectivity index (χ1) is 10.2. The SMILES string of the molecule is Cl.NC1(C(=O)NCc2ccc3c(c2)OCCO3)CCCCC1. The summed E-state index contributed by atoms with van der Waals surface area (Å²) in [5.41, 5.74) is 6.53. The highest BCUT2D eigenvalue weighted by atomic mass is 35.5. The van der Waals surface area contributed by atoms with Gasteiger partial charge in [-0.2, -0.15) is 0 Å². The van der Waals surface area contributed by atoms with Gasteiger partial charge in [-0.3, -0.25) is 4.79 Å². The van der Waals surface area contributed by atoms with E-state index in [4.69, 9.17) is 15.2 Å². The molecule has 0 bridgehead atoms. The first-order valence-corrected chi connectivity index (χ1v) is 7.63. The molecule has 122 valence electrons. The summed E-state index contributed by atoms with van der Waals surface area (Å²) in [6.07, 6.45) is 4.80. The van der Waals surface area contributed by atoms with Gasteiger partial charge in [-0.25, -0.2) is 0 Å². The molecule has 3 rings (SSSR count). The van der Waals surface area contributed by atoms with Crippen molar-refractivity contribution in [1.82, 2.24) is 5.32 Å². The predicted molar refractivity (Wildman–Crippen MR) is 86.5 cm³/mol. The Balaban J connectivity index is 0.00000176. The summed E-state index contributed by atoms with van der Waals surface area (Å²) < 4.78 is 11.0. The zero-order valence-electron chi connectivity index (χ0n) is 12.6. The minimum atomic E-state index is -0.688. The predicted octanol–water partition coefficient (Wildman–Crippen LogP) is 2.16. The molecule has 1 aromatic rings. The molecule has 2 aliphatic rings. The molecule has 0 saturated heterocycles. The molecule has 0 unspecified atom stereocenters. The summed E-state index contributed by atoms with van der Waals surface area (Å²) in [4.78, 5) is 12.3. The van der Waals surface area contributed by atoms with Crippen molar-refractivity contribution in [3.05, 3.63) is 23.8 Å². The number of fused-ring (bicyclic) bond motifs is 1. The van der Waals surface area contributed by atoms with E-state index in [0.29, 0.717) is 19.8 Å². The topological polar surface area (TPSA) is 73.6 Å². The van der Waals surface area contributed by atoms with Crippen LogP contribution in [0.5, 0.6) is 11.5 Å². The van der Waals surface area contributed by atoms with Crippen LogP contribution in [0.1, 0.15) is 37.7 Å². The Bertz CT molecular complexity index is 530. The molecule has 0 spiro atoms. The Morgan fingerprint density at radius 2 is 1.82 bits per heavy atom. The third-order valence-electron chi connectivity index (χ3n) is 4.26. The number of nitrogens with two attached hydrogens (primary N) is 1. The number of amides is 1. The molecule has 3 N–H and O–H groups in total. The smallest absolute Gasteiger partial charge is 0.240 e. The standard InChI is InChI=1S/C16H22N2O3.ClH/c17-16(6-2-1-3-7-16)15(19)18-11-12-4-5-13-14(10-12)21-9-8-20-13;/h4-5,10H,1-3,6-9,11,17H2,(H,18,19);1H. The lowest BCUT2D eigenvalue weighted by Gasteiger charge is -2.31. The second-order valence-electron chi connectivity index (χ2n) is 5.88. The highest BCUT2D eigenvalue weighted by Crippen LogP contribution is 2.31. The maximum Gasteiger partial charge on any atom is 0.240 e. The van der Waals surface area contributed by atoms with Crippen molar-refractivity contribution in [3.8, 4) is 11.5 Å². The molecule has 22 heavy (non-hydrogen) atoms. The fourth-order valence-electron chi connectivity index (χ4n) is 2.97. The van der Waals surface area contributed by atoms with Gasteiger partial charge in [0.05, 0.1) is 5.54 Å². The molecule has 1 heterocycles. The van der Waals surface area contributed by atoms with Gasteiger partial charge >= 0.3 is 0 Å². The lowest BCUT2D eigenvalue weighted by Crippen LogP contribution is -2.54. The van der Waals surface area contributed by atoms with Gasteiger partial charge in [-0.15, -0.1) is 12.4 Å². The molecule has 1 aromatic carbocycles. The molecule has 0 aromatic heterocycles. The van der Waals surface area contributed by atoms with Crippen molar-refractivity contribution in [2.45, 2.75) is 44.2 Å². The maximum absolute atomic E-state index is 12.3. The van der Waals surface area contributed by atoms with Crippen LogP contribution in [0.3, 0.4) is 0 Å². The molecule has 0 radical (unpaired) electrons. The highest BCUT2D eigenvalue weighted by Gasteiger charge is 2.34. The number of hydrogen-bond donors (Lipinski definition) is 2. The lowest BCUT2D eigenvalue weighted by molar-refractivity contribution is -0.127. The Kier molecular flexibility index (Phi) is 5.53. The van der Waals surface area contributed by atoms with E-state index < -0.39 is 5.54 Å². The van der Waals surface area contributed by atoms with Crippen LogP contribution in [0.4, 0.5) is 0 Å². The summed E-state index contributed by atoms with van der Waals surface area (Å²) in [5, 5.41) is 2.96. The van der Waals surface area contributed by atoms with Crippen LogP contribution in [-0.4, -0.2) is 24.7 Å². The minimum absolute atomic E-state index is 0. The molecule has 0 atom stereocenters. The number of carbonyl (C=O) groups excluding carboxylic acids is 1. The van der Waals surface area contributed by atoms with Gasteiger partial charge < -0.3 is 20.5 Å². The van der Waals surface area contributed by atoms with Gasteiger partial charge in [-0.1, -0.05) is 25.3 Å². The minimum Gasteiger partial charge on any atom is -0.486 e. The fourth-order valence-corrected chi connectivity index (χ4v) is 2.97. The van der Waals surface area contributed by atoms with Gasteiger partial charge in [0.25, 0.3) is 0 Å². The Hall–Kier alpha value is -1.46. The number of ether oxygens (including phenoxy) is 2. The van der Waals surface area contributed by atoms with Crippen LogP contribution < -0.4 is 20.5 Å². The first kappa shape index (κ1) is 16.9. The number of hydrogen-bond acceptors (Lipinski definition) is 4. The maximum atomic E-state index is 12.3. The largest absolute Gasteiger partial charge is 0.486 e. The van der Waals surface area contributed by atoms with E-state index in [1.807, 2.05) is 18.2 Å². The summed E-state index contributed by atoms with van der Waals surface area (Å²) in [6, 6.07) is 5.74. The van der Waals surface area contributed by atoms with E-state index in [9.17, 15) is 4.79 Å². The molecule has 5 nitrogen and oxygen atoms in total. The number of rotatable bonds is 3. The van der Waals surface area contributed by atoms with Crippen LogP contribution in [0.2, 0.25) is 0 Å². The van der Waals surface area contributed by atoms with Crippen LogP contribution in [0.15, 0.2) is 18.2 Å². The molecule has 1 aliphatic heterocycles. The lowest BCUT2D eigenvalue weighted by atomic mass is 9.82. The van der Waals surface area contributed by atoms with Gasteiger partial charge in [0, 0.05) is 6.54 Å². The van der Waals surface area contributed by atoms with Gasteiger partial charge in [0.15, 0.2) is 11.5 Å². The number of benzene rings is 1. The van der Waals surface area contributed by atoms with Crippen LogP contribution in [0.25, 0.3) is 0 Å². The van der Waals surface area contributed by atoms with Crippen LogP contribution >= 0.6 is 12.4 Å². The third kappa shape index (κ3) is 3.65. The Morgan fingerprint density at radius 1 is 1.14 bits per heavy atom. The van der Waals surface area contributed by atoms with Gasteiger partial charge in [-0.05, 0) is 30.5 Å². The molecule has 1 fully saturated rings. The first-order valence-electron chi connectivity index (χ1n) is 7.63. The van der Waals surface area contributed by atoms with Crippen molar-refractivity contribution in [2.24, 2.45) is 5.73 Å². The molecule has 6 heteroatoms. The Morgan fingerprint density at radius 3 is 2.55 bits per heavy atom. The number of nitrogens with one attached hydrogen (secondary N) is 1. The number of halogens is 1. The number of carbonyl (C=O) groups is 1. The summed E-state index contributed by atoms with van der Waals surface area (Å²) in [7, 11) is 0. The molecular weight excluding hydrogens is 304 g/mol. The molecule has 1 saturated carbocycles. The van der Waals surface area contributed by atoms with E-state index in [1.54, 1.807) is 0 Å². The molecular formula is C16H23ClN2O3. The summed E-state index contributed by atoms with van der Waals surface area (Å²) in [5.74, 6) is 1.46. The van der Waals surface area contributed by atoms with Crippen molar-refractivity contribution >= 4 is 18.3 Å². The average Bonchev–Trinajstić information content (AvgIpc) is 2.53. The van der Waals surface area contributed by atoms with Crippen LogP contribution in [0, 0.1) is 0 Å². The van der Waals surface area contributed by atoms with E-state index in [-0.39, 0.29) is 18.3 Å². The van der Waals surface area contributed by atoms with Crippen molar-refractivity contribution < 1.29 is 14.3 Å². The third-order valence-corrected chi connectivity index (χ3v) is 4.26. The Labute approximate surface area is 137 Å². The van der Waals surface area contributed by atoms with E-state index >= 15 is 0 Å². The van der Waals surface area contributed by atoms with E-state index in [2.05, 4.69) is 5.32 Å². The zero-order chi connectivity index (χ0) is 14.7. The fraction of sp³-hybridized carbons (Fsp3) is 0.562. The molecule has 1 aliphatic carbocycles. The van der Waals surface area contributed by atoms with Gasteiger partial charge in [0.1, 0.15) is 13.2 Å². The van der Waals surface area contributed by atoms with E-state index in [1.165, 1.54) is 6.42 Å². The zero-order valence-corrected chi connectivity index (χ0v) is 13.4. The van der Waals surface area contributed by atoms with Crippen LogP contribution in [-0.2, 0) is 11.3 Å². The molecule has 1 amide bonds. The van der Waals surface area contributed by atoms with E-state index in [0.717, 1.165) is 42.7 Å². The van der Waals surface area contributed by atoms with Gasteiger partial charge in [0.2, 0.25) is 5.91 Å². The summed E-state index contributed by atoms with van der Waals surface area (Å²) in [6.45, 7) is 1.61. The second kappa shape index (κ2) is 7.20. The normalized spacial score (nSPS) is 19.0. The monoisotopic (exact) mass is 326 g/mol.